The first kappa shape index (κ1) is 14.9. The Morgan fingerprint density at radius 1 is 1.14 bits per heavy atom. The lowest BCUT2D eigenvalue weighted by Crippen LogP contribution is -2.12. The molecule has 21 heavy (non-hydrogen) atoms. The van der Waals surface area contributed by atoms with E-state index in [1.807, 2.05) is 19.9 Å². The second kappa shape index (κ2) is 5.87. The molecule has 0 aliphatic rings. The van der Waals surface area contributed by atoms with Crippen molar-refractivity contribution in [3.8, 4) is 5.75 Å². The van der Waals surface area contributed by atoms with E-state index in [0.717, 1.165) is 22.4 Å². The number of benzene rings is 2. The third-order valence-corrected chi connectivity index (χ3v) is 3.58. The van der Waals surface area contributed by atoms with Crippen LogP contribution < -0.4 is 16.2 Å². The Kier molecular flexibility index (Phi) is 4.17. The lowest BCUT2D eigenvalue weighted by molar-refractivity contribution is 0.100. The van der Waals surface area contributed by atoms with Gasteiger partial charge in [0.05, 0.1) is 0 Å². The first-order valence-corrected chi connectivity index (χ1v) is 6.77. The molecule has 0 unspecified atom stereocenters. The molecule has 2 rings (SSSR count). The number of carbonyl (C=O) groups is 1. The molecule has 1 amide bonds. The van der Waals surface area contributed by atoms with Gasteiger partial charge in [-0.1, -0.05) is 12.1 Å². The van der Waals surface area contributed by atoms with Crippen LogP contribution in [0.2, 0.25) is 0 Å². The first-order valence-electron chi connectivity index (χ1n) is 6.77. The fraction of sp³-hybridized carbons (Fsp3) is 0.235. The number of hydrogen-bond acceptors (Lipinski definition) is 3. The van der Waals surface area contributed by atoms with E-state index in [9.17, 15) is 4.79 Å². The van der Waals surface area contributed by atoms with Gasteiger partial charge < -0.3 is 16.2 Å². The van der Waals surface area contributed by atoms with E-state index in [2.05, 4.69) is 13.0 Å². The van der Waals surface area contributed by atoms with Crippen LogP contribution in [0.25, 0.3) is 0 Å². The number of carbonyl (C=O) groups excluding carboxylic acids is 1. The van der Waals surface area contributed by atoms with Crippen molar-refractivity contribution in [3.05, 3.63) is 58.1 Å². The van der Waals surface area contributed by atoms with Crippen molar-refractivity contribution in [2.24, 2.45) is 5.73 Å². The first-order chi connectivity index (χ1) is 9.88. The van der Waals surface area contributed by atoms with Crippen molar-refractivity contribution in [1.82, 2.24) is 0 Å². The van der Waals surface area contributed by atoms with Crippen LogP contribution in [-0.4, -0.2) is 5.91 Å². The second-order valence-electron chi connectivity index (χ2n) is 5.27. The molecule has 4 N–H and O–H groups in total. The predicted molar refractivity (Wildman–Crippen MR) is 84.4 cm³/mol. The number of nitrogen functional groups attached to an aromatic ring is 1. The van der Waals surface area contributed by atoms with Gasteiger partial charge in [0.15, 0.2) is 0 Å². The van der Waals surface area contributed by atoms with Gasteiger partial charge in [-0.2, -0.15) is 0 Å². The lowest BCUT2D eigenvalue weighted by Gasteiger charge is -2.13. The van der Waals surface area contributed by atoms with Gasteiger partial charge in [-0.05, 0) is 55.7 Å². The normalized spacial score (nSPS) is 10.4. The average Bonchev–Trinajstić information content (AvgIpc) is 2.42. The summed E-state index contributed by atoms with van der Waals surface area (Å²) in [6.45, 7) is 6.48. The topological polar surface area (TPSA) is 78.3 Å². The quantitative estimate of drug-likeness (QED) is 0.847. The third-order valence-electron chi connectivity index (χ3n) is 3.58. The molecule has 0 saturated heterocycles. The van der Waals surface area contributed by atoms with Crippen molar-refractivity contribution in [2.45, 2.75) is 27.4 Å². The highest BCUT2D eigenvalue weighted by atomic mass is 16.5. The molecule has 0 aliphatic heterocycles. The van der Waals surface area contributed by atoms with Gasteiger partial charge in [-0.15, -0.1) is 0 Å². The van der Waals surface area contributed by atoms with Gasteiger partial charge >= 0.3 is 0 Å². The highest BCUT2D eigenvalue weighted by Crippen LogP contribution is 2.25. The fourth-order valence-electron chi connectivity index (χ4n) is 2.19. The Morgan fingerprint density at radius 2 is 1.86 bits per heavy atom. The van der Waals surface area contributed by atoms with Crippen molar-refractivity contribution in [1.29, 1.82) is 0 Å². The highest BCUT2D eigenvalue weighted by molar-refractivity contribution is 5.93. The van der Waals surface area contributed by atoms with Gasteiger partial charge in [0.1, 0.15) is 12.4 Å². The summed E-state index contributed by atoms with van der Waals surface area (Å²) in [5.74, 6) is 0.366. The molecule has 0 spiro atoms. The van der Waals surface area contributed by atoms with E-state index in [1.54, 1.807) is 18.2 Å². The summed E-state index contributed by atoms with van der Waals surface area (Å²) in [4.78, 5) is 11.1. The molecule has 2 aromatic carbocycles. The third kappa shape index (κ3) is 3.34. The van der Waals surface area contributed by atoms with Crippen LogP contribution in [0.4, 0.5) is 5.69 Å². The van der Waals surface area contributed by atoms with Gasteiger partial charge in [0.2, 0.25) is 5.91 Å². The molecule has 0 bridgehead atoms. The summed E-state index contributed by atoms with van der Waals surface area (Å²) >= 11 is 0. The molecule has 0 fully saturated rings. The summed E-state index contributed by atoms with van der Waals surface area (Å²) in [7, 11) is 0. The Labute approximate surface area is 124 Å². The van der Waals surface area contributed by atoms with E-state index in [4.69, 9.17) is 16.2 Å². The zero-order chi connectivity index (χ0) is 15.6. The maximum absolute atomic E-state index is 11.1. The minimum absolute atomic E-state index is 0.356. The average molecular weight is 284 g/mol. The molecular formula is C17H20N2O2. The van der Waals surface area contributed by atoms with Crippen LogP contribution in [0.3, 0.4) is 0 Å². The Morgan fingerprint density at radius 3 is 2.48 bits per heavy atom. The van der Waals surface area contributed by atoms with Crippen LogP contribution in [0.15, 0.2) is 30.3 Å². The highest BCUT2D eigenvalue weighted by Gasteiger charge is 2.08. The van der Waals surface area contributed by atoms with Crippen molar-refractivity contribution in [3.63, 3.8) is 0 Å². The molecule has 4 nitrogen and oxygen atoms in total. The Balaban J connectivity index is 2.19. The lowest BCUT2D eigenvalue weighted by atomic mass is 10.1. The number of primary amides is 1. The molecular weight excluding hydrogens is 264 g/mol. The number of amides is 1. The van der Waals surface area contributed by atoms with E-state index < -0.39 is 5.91 Å². The molecule has 0 saturated carbocycles. The summed E-state index contributed by atoms with van der Waals surface area (Å²) in [5, 5.41) is 0. The van der Waals surface area contributed by atoms with Crippen LogP contribution >= 0.6 is 0 Å². The monoisotopic (exact) mass is 284 g/mol. The smallest absolute Gasteiger partial charge is 0.248 e. The minimum atomic E-state index is -0.487. The standard InChI is InChI=1S/C17H20N2O2/c1-10-6-11(2)12(3)16(7-10)21-9-14-5-4-13(17(19)20)8-15(14)18/h4-8H,9,18H2,1-3H3,(H2,19,20). The number of anilines is 1. The van der Waals surface area contributed by atoms with Crippen molar-refractivity contribution in [2.75, 3.05) is 5.73 Å². The van der Waals surface area contributed by atoms with E-state index in [1.165, 1.54) is 5.56 Å². The molecule has 0 radical (unpaired) electrons. The summed E-state index contributed by atoms with van der Waals surface area (Å²) < 4.78 is 5.87. The molecule has 0 aromatic heterocycles. The van der Waals surface area contributed by atoms with Crippen LogP contribution in [0.5, 0.6) is 5.75 Å². The predicted octanol–water partition coefficient (Wildman–Crippen LogP) is 2.87. The minimum Gasteiger partial charge on any atom is -0.489 e. The molecule has 2 aromatic rings. The van der Waals surface area contributed by atoms with Crippen molar-refractivity contribution >= 4 is 11.6 Å². The molecule has 0 aliphatic carbocycles. The maximum Gasteiger partial charge on any atom is 0.248 e. The maximum atomic E-state index is 11.1. The molecule has 0 heterocycles. The second-order valence-corrected chi connectivity index (χ2v) is 5.27. The Bertz CT molecular complexity index is 693. The van der Waals surface area contributed by atoms with Gasteiger partial charge in [-0.25, -0.2) is 0 Å². The number of hydrogen-bond donors (Lipinski definition) is 2. The van der Waals surface area contributed by atoms with E-state index >= 15 is 0 Å². The summed E-state index contributed by atoms with van der Waals surface area (Å²) in [6.07, 6.45) is 0. The number of ether oxygens (including phenoxy) is 1. The zero-order valence-corrected chi connectivity index (χ0v) is 12.6. The Hall–Kier alpha value is -2.49. The SMILES string of the molecule is Cc1cc(C)c(C)c(OCc2ccc(C(N)=O)cc2N)c1. The van der Waals surface area contributed by atoms with Crippen LogP contribution in [0, 0.1) is 20.8 Å². The largest absolute Gasteiger partial charge is 0.489 e. The molecule has 110 valence electrons. The van der Waals surface area contributed by atoms with Gasteiger partial charge in [0, 0.05) is 16.8 Å². The van der Waals surface area contributed by atoms with Gasteiger partial charge in [-0.3, -0.25) is 4.79 Å². The van der Waals surface area contributed by atoms with Crippen molar-refractivity contribution < 1.29 is 9.53 Å². The summed E-state index contributed by atoms with van der Waals surface area (Å²) in [5.41, 5.74) is 16.4. The fourth-order valence-corrected chi connectivity index (χ4v) is 2.19. The number of nitrogens with two attached hydrogens (primary N) is 2. The molecule has 4 heteroatoms. The van der Waals surface area contributed by atoms with E-state index in [-0.39, 0.29) is 0 Å². The summed E-state index contributed by atoms with van der Waals surface area (Å²) in [6, 6.07) is 9.14. The number of rotatable bonds is 4. The van der Waals surface area contributed by atoms with Gasteiger partial charge in [0.25, 0.3) is 0 Å². The zero-order valence-electron chi connectivity index (χ0n) is 12.6. The van der Waals surface area contributed by atoms with E-state index in [0.29, 0.717) is 17.9 Å². The van der Waals surface area contributed by atoms with Crippen LogP contribution in [0.1, 0.15) is 32.6 Å². The number of aryl methyl sites for hydroxylation is 2. The van der Waals surface area contributed by atoms with Crippen LogP contribution in [-0.2, 0) is 6.61 Å². The molecule has 0 atom stereocenters.